The minimum Gasteiger partial charge on any atom is -0.369 e. The van der Waals surface area contributed by atoms with Crippen LogP contribution < -0.4 is 9.62 Å². The maximum atomic E-state index is 14.2. The van der Waals surface area contributed by atoms with Gasteiger partial charge >= 0.3 is 0 Å². The molecule has 128 valence electrons. The van der Waals surface area contributed by atoms with Crippen LogP contribution >= 0.6 is 0 Å². The lowest BCUT2D eigenvalue weighted by molar-refractivity contribution is 0.521. The second-order valence-corrected chi connectivity index (χ2v) is 7.14. The third kappa shape index (κ3) is 3.19. The van der Waals surface area contributed by atoms with Crippen LogP contribution in [0.1, 0.15) is 12.8 Å². The Morgan fingerprint density at radius 3 is 2.12 bits per heavy atom. The van der Waals surface area contributed by atoms with Crippen LogP contribution in [0.3, 0.4) is 0 Å². The minimum absolute atomic E-state index is 0.0990. The highest BCUT2D eigenvalue weighted by Crippen LogP contribution is 2.28. The summed E-state index contributed by atoms with van der Waals surface area (Å²) in [7, 11) is -4.50. The molecule has 0 saturated carbocycles. The first kappa shape index (κ1) is 16.6. The second kappa shape index (κ2) is 6.35. The Kier molecular flexibility index (Phi) is 4.40. The van der Waals surface area contributed by atoms with Gasteiger partial charge in [-0.3, -0.25) is 4.72 Å². The van der Waals surface area contributed by atoms with E-state index in [0.29, 0.717) is 5.69 Å². The van der Waals surface area contributed by atoms with Gasteiger partial charge in [0.1, 0.15) is 17.5 Å². The molecule has 1 saturated heterocycles. The van der Waals surface area contributed by atoms with Gasteiger partial charge in [0, 0.05) is 19.2 Å². The summed E-state index contributed by atoms with van der Waals surface area (Å²) in [6, 6.07) is 6.57. The van der Waals surface area contributed by atoms with Gasteiger partial charge in [0.25, 0.3) is 10.0 Å². The molecular weight excluding hydrogens is 341 g/mol. The number of halogens is 3. The van der Waals surface area contributed by atoms with Crippen LogP contribution in [-0.2, 0) is 10.0 Å². The molecule has 24 heavy (non-hydrogen) atoms. The van der Waals surface area contributed by atoms with Gasteiger partial charge in [-0.05, 0) is 37.1 Å². The van der Waals surface area contributed by atoms with E-state index in [0.717, 1.165) is 50.2 Å². The van der Waals surface area contributed by atoms with Crippen LogP contribution in [-0.4, -0.2) is 21.5 Å². The van der Waals surface area contributed by atoms with Crippen LogP contribution in [0, 0.1) is 17.5 Å². The zero-order valence-electron chi connectivity index (χ0n) is 12.6. The average Bonchev–Trinajstić information content (AvgIpc) is 3.00. The number of nitrogens with one attached hydrogen (secondary N) is 1. The predicted octanol–water partition coefficient (Wildman–Crippen LogP) is 3.50. The van der Waals surface area contributed by atoms with Gasteiger partial charge in [-0.2, -0.15) is 0 Å². The number of anilines is 2. The SMILES string of the molecule is O=S(=O)(Nc1ccc(N2CCCC2)c(F)c1)c1c(F)cccc1F. The number of nitrogens with zero attached hydrogens (tertiary/aromatic N) is 1. The van der Waals surface area contributed by atoms with Crippen molar-refractivity contribution in [3.63, 3.8) is 0 Å². The molecular formula is C16H15F3N2O2S. The normalized spacial score (nSPS) is 14.9. The first-order valence-electron chi connectivity index (χ1n) is 7.40. The van der Waals surface area contributed by atoms with E-state index in [1.165, 1.54) is 12.1 Å². The Balaban J connectivity index is 1.89. The fourth-order valence-electron chi connectivity index (χ4n) is 2.73. The Bertz CT molecular complexity index is 845. The molecule has 2 aromatic carbocycles. The quantitative estimate of drug-likeness (QED) is 0.912. The van der Waals surface area contributed by atoms with Crippen molar-refractivity contribution in [2.24, 2.45) is 0 Å². The van der Waals surface area contributed by atoms with Crippen LogP contribution in [0.15, 0.2) is 41.3 Å². The van der Waals surface area contributed by atoms with Crippen molar-refractivity contribution >= 4 is 21.4 Å². The Labute approximate surface area is 138 Å². The standard InChI is InChI=1S/C16H15F3N2O2S/c17-12-4-3-5-13(18)16(12)24(22,23)20-11-6-7-15(14(19)10-11)21-8-1-2-9-21/h3-7,10,20H,1-2,8-9H2. The van der Waals surface area contributed by atoms with E-state index in [2.05, 4.69) is 0 Å². The number of benzene rings is 2. The van der Waals surface area contributed by atoms with E-state index in [1.54, 1.807) is 0 Å². The molecule has 1 N–H and O–H groups in total. The highest BCUT2D eigenvalue weighted by atomic mass is 32.2. The van der Waals surface area contributed by atoms with Crippen molar-refractivity contribution in [3.05, 3.63) is 53.8 Å². The van der Waals surface area contributed by atoms with Gasteiger partial charge in [0.05, 0.1) is 11.4 Å². The number of rotatable bonds is 4. The Morgan fingerprint density at radius 2 is 1.54 bits per heavy atom. The monoisotopic (exact) mass is 356 g/mol. The van der Waals surface area contributed by atoms with Crippen molar-refractivity contribution in [1.82, 2.24) is 0 Å². The molecule has 0 bridgehead atoms. The van der Waals surface area contributed by atoms with Crippen molar-refractivity contribution in [1.29, 1.82) is 0 Å². The molecule has 3 rings (SSSR count). The lowest BCUT2D eigenvalue weighted by Crippen LogP contribution is -2.20. The summed E-state index contributed by atoms with van der Waals surface area (Å²) in [6.45, 7) is 1.48. The second-order valence-electron chi connectivity index (χ2n) is 5.52. The highest BCUT2D eigenvalue weighted by molar-refractivity contribution is 7.92. The first-order valence-corrected chi connectivity index (χ1v) is 8.88. The lowest BCUT2D eigenvalue weighted by Gasteiger charge is -2.19. The number of hydrogen-bond acceptors (Lipinski definition) is 3. The predicted molar refractivity (Wildman–Crippen MR) is 85.0 cm³/mol. The summed E-state index contributed by atoms with van der Waals surface area (Å²) >= 11 is 0. The number of sulfonamides is 1. The third-order valence-corrected chi connectivity index (χ3v) is 5.27. The lowest BCUT2D eigenvalue weighted by atomic mass is 10.2. The maximum absolute atomic E-state index is 14.2. The van der Waals surface area contributed by atoms with Gasteiger partial charge < -0.3 is 4.90 Å². The van der Waals surface area contributed by atoms with Crippen molar-refractivity contribution in [3.8, 4) is 0 Å². The molecule has 1 fully saturated rings. The summed E-state index contributed by atoms with van der Waals surface area (Å²) in [4.78, 5) is 0.776. The fraction of sp³-hybridized carbons (Fsp3) is 0.250. The summed E-state index contributed by atoms with van der Waals surface area (Å²) in [5.74, 6) is -3.01. The van der Waals surface area contributed by atoms with Gasteiger partial charge in [-0.15, -0.1) is 0 Å². The van der Waals surface area contributed by atoms with E-state index in [9.17, 15) is 21.6 Å². The summed E-state index contributed by atoms with van der Waals surface area (Å²) in [5, 5.41) is 0. The molecule has 0 unspecified atom stereocenters. The molecule has 0 amide bonds. The van der Waals surface area contributed by atoms with Crippen molar-refractivity contribution in [2.45, 2.75) is 17.7 Å². The smallest absolute Gasteiger partial charge is 0.267 e. The van der Waals surface area contributed by atoms with Gasteiger partial charge in [-0.1, -0.05) is 6.07 Å². The first-order chi connectivity index (χ1) is 11.4. The molecule has 1 aliphatic heterocycles. The molecule has 2 aromatic rings. The molecule has 0 spiro atoms. The molecule has 0 radical (unpaired) electrons. The minimum atomic E-state index is -4.50. The zero-order valence-corrected chi connectivity index (χ0v) is 13.4. The van der Waals surface area contributed by atoms with Crippen LogP contribution in [0.4, 0.5) is 24.5 Å². The van der Waals surface area contributed by atoms with Crippen LogP contribution in [0.5, 0.6) is 0 Å². The Hall–Kier alpha value is -2.22. The topological polar surface area (TPSA) is 49.4 Å². The molecule has 0 aromatic heterocycles. The Morgan fingerprint density at radius 1 is 0.917 bits per heavy atom. The summed E-state index contributed by atoms with van der Waals surface area (Å²) in [5.41, 5.74) is 0.283. The third-order valence-electron chi connectivity index (χ3n) is 3.83. The maximum Gasteiger partial charge on any atom is 0.267 e. The number of hydrogen-bond donors (Lipinski definition) is 1. The largest absolute Gasteiger partial charge is 0.369 e. The fourth-order valence-corrected chi connectivity index (χ4v) is 3.92. The van der Waals surface area contributed by atoms with E-state index < -0.39 is 32.4 Å². The zero-order chi connectivity index (χ0) is 17.3. The van der Waals surface area contributed by atoms with Crippen molar-refractivity contribution in [2.75, 3.05) is 22.7 Å². The average molecular weight is 356 g/mol. The molecule has 4 nitrogen and oxygen atoms in total. The van der Waals surface area contributed by atoms with E-state index >= 15 is 0 Å². The van der Waals surface area contributed by atoms with E-state index in [4.69, 9.17) is 0 Å². The van der Waals surface area contributed by atoms with Gasteiger partial charge in [-0.25, -0.2) is 21.6 Å². The summed E-state index contributed by atoms with van der Waals surface area (Å²) < 4.78 is 67.9. The molecule has 1 heterocycles. The van der Waals surface area contributed by atoms with E-state index in [-0.39, 0.29) is 5.69 Å². The molecule has 0 aliphatic carbocycles. The summed E-state index contributed by atoms with van der Waals surface area (Å²) in [6.07, 6.45) is 1.95. The molecule has 8 heteroatoms. The molecule has 0 atom stereocenters. The highest BCUT2D eigenvalue weighted by Gasteiger charge is 2.24. The van der Waals surface area contributed by atoms with Crippen LogP contribution in [0.25, 0.3) is 0 Å². The van der Waals surface area contributed by atoms with E-state index in [1.807, 2.05) is 9.62 Å². The van der Waals surface area contributed by atoms with Gasteiger partial charge in [0.15, 0.2) is 4.90 Å². The van der Waals surface area contributed by atoms with Crippen molar-refractivity contribution < 1.29 is 21.6 Å². The van der Waals surface area contributed by atoms with Crippen LogP contribution in [0.2, 0.25) is 0 Å². The van der Waals surface area contributed by atoms with Gasteiger partial charge in [0.2, 0.25) is 0 Å². The molecule has 1 aliphatic rings.